The number of methoxy groups -OCH3 is 1. The zero-order valence-electron chi connectivity index (χ0n) is 18.9. The van der Waals surface area contributed by atoms with Crippen LogP contribution in [0.1, 0.15) is 36.6 Å². The molecular formula is C26H31N3O3. The van der Waals surface area contributed by atoms with E-state index in [9.17, 15) is 4.79 Å². The minimum atomic E-state index is 0.136. The molecule has 0 N–H and O–H groups in total. The molecule has 1 saturated heterocycles. The summed E-state index contributed by atoms with van der Waals surface area (Å²) in [7, 11) is 3.68. The van der Waals surface area contributed by atoms with Gasteiger partial charge >= 0.3 is 0 Å². The highest BCUT2D eigenvalue weighted by Crippen LogP contribution is 2.33. The van der Waals surface area contributed by atoms with E-state index in [1.54, 1.807) is 7.11 Å². The molecule has 6 heteroatoms. The molecule has 1 atom stereocenters. The van der Waals surface area contributed by atoms with Crippen molar-refractivity contribution in [2.75, 3.05) is 33.8 Å². The van der Waals surface area contributed by atoms with Crippen molar-refractivity contribution in [3.63, 3.8) is 0 Å². The summed E-state index contributed by atoms with van der Waals surface area (Å²) in [5.41, 5.74) is 3.07. The van der Waals surface area contributed by atoms with Crippen molar-refractivity contribution in [1.82, 2.24) is 15.0 Å². The summed E-state index contributed by atoms with van der Waals surface area (Å²) in [4.78, 5) is 17.1. The Morgan fingerprint density at radius 3 is 2.84 bits per heavy atom. The van der Waals surface area contributed by atoms with Crippen LogP contribution in [0.5, 0.6) is 5.75 Å². The van der Waals surface area contributed by atoms with Crippen LogP contribution in [0.4, 0.5) is 0 Å². The molecule has 0 aliphatic carbocycles. The number of carbonyl (C=O) groups is 1. The van der Waals surface area contributed by atoms with E-state index in [1.165, 1.54) is 0 Å². The lowest BCUT2D eigenvalue weighted by Crippen LogP contribution is -2.39. The Balaban J connectivity index is 1.26. The fraction of sp³-hybridized carbons (Fsp3) is 0.385. The number of aromatic nitrogens is 1. The van der Waals surface area contributed by atoms with Gasteiger partial charge in [-0.2, -0.15) is 0 Å². The molecule has 0 spiro atoms. The van der Waals surface area contributed by atoms with Crippen molar-refractivity contribution in [3.8, 4) is 17.0 Å². The van der Waals surface area contributed by atoms with Crippen LogP contribution in [-0.2, 0) is 11.2 Å². The van der Waals surface area contributed by atoms with E-state index in [0.29, 0.717) is 6.54 Å². The summed E-state index contributed by atoms with van der Waals surface area (Å²) in [6.07, 6.45) is 3.74. The lowest BCUT2D eigenvalue weighted by molar-refractivity contribution is -0.133. The maximum atomic E-state index is 13.0. The van der Waals surface area contributed by atoms with Gasteiger partial charge in [-0.15, -0.1) is 0 Å². The molecule has 1 fully saturated rings. The third kappa shape index (κ3) is 5.37. The number of carbonyl (C=O) groups excluding carboxylic acids is 1. The van der Waals surface area contributed by atoms with Crippen molar-refractivity contribution in [2.24, 2.45) is 0 Å². The fourth-order valence-electron chi connectivity index (χ4n) is 4.36. The topological polar surface area (TPSA) is 58.8 Å². The number of hydrogen-bond acceptors (Lipinski definition) is 5. The van der Waals surface area contributed by atoms with E-state index in [0.717, 1.165) is 67.1 Å². The van der Waals surface area contributed by atoms with Gasteiger partial charge in [0.15, 0.2) is 0 Å². The van der Waals surface area contributed by atoms with Gasteiger partial charge < -0.3 is 14.2 Å². The maximum absolute atomic E-state index is 13.0. The molecule has 1 unspecified atom stereocenters. The van der Waals surface area contributed by atoms with Crippen LogP contribution in [0.15, 0.2) is 65.2 Å². The molecule has 6 nitrogen and oxygen atoms in total. The van der Waals surface area contributed by atoms with Gasteiger partial charge in [-0.3, -0.25) is 9.69 Å². The third-order valence-corrected chi connectivity index (χ3v) is 6.05. The second kappa shape index (κ2) is 10.5. The van der Waals surface area contributed by atoms with Gasteiger partial charge in [0, 0.05) is 24.6 Å². The predicted octanol–water partition coefficient (Wildman–Crippen LogP) is 4.58. The molecule has 0 bridgehead atoms. The number of likely N-dealkylation sites (N-methyl/N-ethyl adjacent to an activating group) is 1. The molecule has 1 amide bonds. The Hall–Kier alpha value is -3.12. The molecular weight excluding hydrogens is 402 g/mol. The van der Waals surface area contributed by atoms with Crippen LogP contribution in [0.3, 0.4) is 0 Å². The van der Waals surface area contributed by atoms with Crippen LogP contribution in [-0.4, -0.2) is 54.7 Å². The van der Waals surface area contributed by atoms with Crippen molar-refractivity contribution in [1.29, 1.82) is 0 Å². The molecule has 1 aliphatic rings. The quantitative estimate of drug-likeness (QED) is 0.494. The summed E-state index contributed by atoms with van der Waals surface area (Å²) in [6.45, 7) is 2.06. The van der Waals surface area contributed by atoms with Crippen molar-refractivity contribution in [2.45, 2.75) is 31.7 Å². The first-order chi connectivity index (χ1) is 15.6. The highest BCUT2D eigenvalue weighted by molar-refractivity contribution is 5.79. The van der Waals surface area contributed by atoms with Crippen LogP contribution in [0, 0.1) is 0 Å². The number of aryl methyl sites for hydroxylation is 1. The maximum Gasteiger partial charge on any atom is 0.237 e. The summed E-state index contributed by atoms with van der Waals surface area (Å²) in [5.74, 6) is 1.90. The average Bonchev–Trinajstić information content (AvgIpc) is 3.50. The second-order valence-corrected chi connectivity index (χ2v) is 8.41. The lowest BCUT2D eigenvalue weighted by atomic mass is 10.0. The van der Waals surface area contributed by atoms with E-state index in [1.807, 2.05) is 66.5 Å². The van der Waals surface area contributed by atoms with E-state index in [-0.39, 0.29) is 11.9 Å². The monoisotopic (exact) mass is 433 g/mol. The number of benzene rings is 2. The van der Waals surface area contributed by atoms with Crippen molar-refractivity contribution >= 4 is 5.91 Å². The van der Waals surface area contributed by atoms with Crippen LogP contribution in [0.2, 0.25) is 0 Å². The van der Waals surface area contributed by atoms with Gasteiger partial charge in [-0.1, -0.05) is 47.6 Å². The Labute approximate surface area is 189 Å². The molecule has 1 aromatic heterocycles. The fourth-order valence-corrected chi connectivity index (χ4v) is 4.36. The number of amides is 1. The molecule has 0 radical (unpaired) electrons. The van der Waals surface area contributed by atoms with E-state index < -0.39 is 0 Å². The van der Waals surface area contributed by atoms with E-state index in [4.69, 9.17) is 9.26 Å². The van der Waals surface area contributed by atoms with Crippen LogP contribution >= 0.6 is 0 Å². The summed E-state index contributed by atoms with van der Waals surface area (Å²) in [6, 6.07) is 20.2. The SMILES string of the molecule is COc1cccc(C2CCCN2C(=O)CN(C)CCCc2cc(-c3ccccc3)no2)c1. The minimum absolute atomic E-state index is 0.136. The highest BCUT2D eigenvalue weighted by Gasteiger charge is 2.30. The number of nitrogens with zero attached hydrogens (tertiary/aromatic N) is 3. The van der Waals surface area contributed by atoms with Crippen LogP contribution < -0.4 is 4.74 Å². The van der Waals surface area contributed by atoms with E-state index >= 15 is 0 Å². The smallest absolute Gasteiger partial charge is 0.237 e. The van der Waals surface area contributed by atoms with Gasteiger partial charge in [-0.25, -0.2) is 0 Å². The van der Waals surface area contributed by atoms with Gasteiger partial charge in [0.25, 0.3) is 0 Å². The summed E-state index contributed by atoms with van der Waals surface area (Å²) in [5, 5.41) is 4.18. The Morgan fingerprint density at radius 2 is 2.03 bits per heavy atom. The van der Waals surface area contributed by atoms with Gasteiger partial charge in [0.05, 0.1) is 19.7 Å². The highest BCUT2D eigenvalue weighted by atomic mass is 16.5. The standard InChI is InChI=1S/C26H31N3O3/c1-28(15-7-13-23-18-24(27-32-23)20-9-4-3-5-10-20)19-26(30)29-16-8-14-25(29)21-11-6-12-22(17-21)31-2/h3-6,9-12,17-18,25H,7-8,13-16,19H2,1-2H3. The Morgan fingerprint density at radius 1 is 1.19 bits per heavy atom. The normalized spacial score (nSPS) is 16.0. The van der Waals surface area contributed by atoms with Gasteiger partial charge in [0.2, 0.25) is 5.91 Å². The first-order valence-corrected chi connectivity index (χ1v) is 11.3. The molecule has 3 aromatic rings. The Kier molecular flexibility index (Phi) is 7.22. The Bertz CT molecular complexity index is 1020. The number of ether oxygens (including phenoxy) is 1. The molecule has 0 saturated carbocycles. The van der Waals surface area contributed by atoms with Crippen LogP contribution in [0.25, 0.3) is 11.3 Å². The second-order valence-electron chi connectivity index (χ2n) is 8.41. The largest absolute Gasteiger partial charge is 0.497 e. The zero-order valence-corrected chi connectivity index (χ0v) is 18.9. The van der Waals surface area contributed by atoms with Crippen molar-refractivity contribution in [3.05, 3.63) is 72.0 Å². The number of hydrogen-bond donors (Lipinski definition) is 0. The summed E-state index contributed by atoms with van der Waals surface area (Å²) >= 11 is 0. The molecule has 2 heterocycles. The van der Waals surface area contributed by atoms with Crippen molar-refractivity contribution < 1.29 is 14.1 Å². The van der Waals surface area contributed by atoms with Gasteiger partial charge in [0.1, 0.15) is 17.2 Å². The number of likely N-dealkylation sites (tertiary alicyclic amines) is 1. The molecule has 32 heavy (non-hydrogen) atoms. The summed E-state index contributed by atoms with van der Waals surface area (Å²) < 4.78 is 10.8. The lowest BCUT2D eigenvalue weighted by Gasteiger charge is -2.27. The average molecular weight is 434 g/mol. The predicted molar refractivity (Wildman–Crippen MR) is 124 cm³/mol. The minimum Gasteiger partial charge on any atom is -0.497 e. The van der Waals surface area contributed by atoms with Gasteiger partial charge in [-0.05, 0) is 50.6 Å². The molecule has 4 rings (SSSR count). The number of rotatable bonds is 9. The first-order valence-electron chi connectivity index (χ1n) is 11.3. The molecule has 2 aromatic carbocycles. The zero-order chi connectivity index (χ0) is 22.3. The molecule has 168 valence electrons. The first kappa shape index (κ1) is 22.1. The molecule has 1 aliphatic heterocycles. The third-order valence-electron chi connectivity index (χ3n) is 6.05. The van der Waals surface area contributed by atoms with E-state index in [2.05, 4.69) is 16.1 Å².